The van der Waals surface area contributed by atoms with Gasteiger partial charge in [0.25, 0.3) is 23.0 Å². The average molecular weight is 1140 g/mol. The van der Waals surface area contributed by atoms with Crippen LogP contribution in [-0.2, 0) is 22.4 Å². The zero-order valence-electron chi connectivity index (χ0n) is 45.2. The Morgan fingerprint density at radius 2 is 0.926 bits per heavy atom. The number of amidine groups is 2. The molecule has 0 radical (unpaired) electrons. The highest BCUT2D eigenvalue weighted by Gasteiger charge is 2.35. The number of nitrogens with two attached hydrogens (primary N) is 1. The van der Waals surface area contributed by atoms with Crippen molar-refractivity contribution in [3.05, 3.63) is 225 Å². The predicted octanol–water partition coefficient (Wildman–Crippen LogP) is 12.0. The van der Waals surface area contributed by atoms with Gasteiger partial charge in [-0.1, -0.05) is 157 Å². The summed E-state index contributed by atoms with van der Waals surface area (Å²) in [6.45, 7) is 3.08. The number of piperidine rings is 2. The molecular weight excluding hydrogens is 1080 g/mol. The molecule has 4 aliphatic rings. The molecule has 2 atom stereocenters. The number of amides is 3. The van der Waals surface area contributed by atoms with E-state index in [0.29, 0.717) is 47.1 Å². The van der Waals surface area contributed by atoms with E-state index < -0.39 is 17.3 Å². The molecule has 12 rings (SSSR count). The van der Waals surface area contributed by atoms with Crippen molar-refractivity contribution in [3.63, 3.8) is 0 Å². The first-order valence-corrected chi connectivity index (χ1v) is 28.5. The molecule has 0 aliphatic carbocycles. The zero-order chi connectivity index (χ0) is 56.6. The van der Waals surface area contributed by atoms with Crippen LogP contribution in [0.25, 0.3) is 21.5 Å². The van der Waals surface area contributed by atoms with Crippen LogP contribution in [0.2, 0.25) is 10.0 Å². The number of carbonyl (C=O) groups is 4. The average Bonchev–Trinajstić information content (AvgIpc) is 3.89. The van der Waals surface area contributed by atoms with Gasteiger partial charge in [-0.2, -0.15) is 0 Å². The molecule has 2 saturated heterocycles. The smallest absolute Gasteiger partial charge is 0.252 e. The van der Waals surface area contributed by atoms with Gasteiger partial charge in [-0.3, -0.25) is 29.2 Å². The third-order valence-corrected chi connectivity index (χ3v) is 16.1. The number of carbonyl (C=O) groups excluding carboxylic acids is 4. The van der Waals surface area contributed by atoms with Crippen LogP contribution in [0.4, 0.5) is 11.4 Å². The maximum atomic E-state index is 13.7. The molecule has 2 unspecified atom stereocenters. The number of hydrogen-bond acceptors (Lipinski definition) is 9. The zero-order valence-corrected chi connectivity index (χ0v) is 47.5. The lowest BCUT2D eigenvalue weighted by Gasteiger charge is -2.35. The molecule has 3 amide bonds. The van der Waals surface area contributed by atoms with Gasteiger partial charge in [-0.05, 0) is 118 Å². The molecule has 3 N–H and O–H groups in total. The molecule has 0 bridgehead atoms. The minimum absolute atomic E-state index is 0.00885. The minimum Gasteiger partial charge on any atom is -0.356 e. The van der Waals surface area contributed by atoms with E-state index in [-0.39, 0.29) is 29.8 Å². The number of likely N-dealkylation sites (N-methyl/N-ethyl adjacent to an activating group) is 2. The largest absolute Gasteiger partial charge is 0.356 e. The molecule has 4 aliphatic heterocycles. The second-order valence-electron chi connectivity index (χ2n) is 20.9. The van der Waals surface area contributed by atoms with E-state index in [9.17, 15) is 19.2 Å². The normalized spacial score (nSPS) is 17.6. The van der Waals surface area contributed by atoms with Crippen LogP contribution in [0.1, 0.15) is 68.7 Å². The first-order valence-electron chi connectivity index (χ1n) is 27.4. The summed E-state index contributed by atoms with van der Waals surface area (Å²) in [6, 6.07) is 57.8. The van der Waals surface area contributed by atoms with Gasteiger partial charge < -0.3 is 30.7 Å². The summed E-state index contributed by atoms with van der Waals surface area (Å²) in [4.78, 5) is 68.4. The quantitative estimate of drug-likeness (QED) is 0.151. The third kappa shape index (κ3) is 13.5. The van der Waals surface area contributed by atoms with Crippen LogP contribution in [-0.4, -0.2) is 109 Å². The van der Waals surface area contributed by atoms with Crippen LogP contribution >= 0.6 is 34.8 Å². The predicted molar refractivity (Wildman–Crippen MR) is 330 cm³/mol. The van der Waals surface area contributed by atoms with E-state index in [4.69, 9.17) is 50.5 Å². The number of benzodiazepines with no additional fused rings is 2. The Hall–Kier alpha value is -7.87. The number of anilines is 2. The molecule has 0 spiro atoms. The fraction of sp³-hybridized carbons (Fsp3) is 0.242. The summed E-state index contributed by atoms with van der Waals surface area (Å²) in [7, 11) is 3.64. The van der Waals surface area contributed by atoms with Gasteiger partial charge in [0.1, 0.15) is 23.8 Å². The van der Waals surface area contributed by atoms with E-state index in [1.54, 1.807) is 34.1 Å². The SMILES string of the molecule is CN1C(=O)C(Cc2ccc3ccccc3c2)N=C(N2CCC(N)CC2)c2cc(Cl)ccc21.CN1C(=O)C(Cc2ccc3ccccc3c2)N=C(N2CCC(NC(=O)c3ccccc3)CC2)c2cc(Cl)ccc21.O=C(Cl)c1ccccc1. The van der Waals surface area contributed by atoms with E-state index >= 15 is 0 Å². The maximum Gasteiger partial charge on any atom is 0.252 e. The van der Waals surface area contributed by atoms with Crippen molar-refractivity contribution in [1.82, 2.24) is 15.1 Å². The molecule has 4 heterocycles. The highest BCUT2D eigenvalue weighted by Crippen LogP contribution is 2.33. The van der Waals surface area contributed by atoms with Gasteiger partial charge in [0.15, 0.2) is 0 Å². The Morgan fingerprint density at radius 1 is 0.519 bits per heavy atom. The summed E-state index contributed by atoms with van der Waals surface area (Å²) in [5.41, 5.74) is 12.9. The van der Waals surface area contributed by atoms with Crippen molar-refractivity contribution in [3.8, 4) is 0 Å². The number of hydrogen-bond donors (Lipinski definition) is 2. The Balaban J connectivity index is 0.000000160. The van der Waals surface area contributed by atoms with Crippen LogP contribution in [0.5, 0.6) is 0 Å². The molecule has 15 heteroatoms. The molecule has 2 fully saturated rings. The molecule has 8 aromatic rings. The molecule has 0 aromatic heterocycles. The first kappa shape index (κ1) is 56.4. The standard InChI is InChI=1S/C33H31ClN4O2.C26H27ClN4O.C7H5ClO/c1-37-30-14-13-26(34)21-28(30)31(38-17-15-27(16-18-38)35-32(39)24-8-3-2-4-9-24)36-29(33(37)40)20-22-11-12-23-7-5-6-10-25(23)19-22;1-30-24-9-8-20(27)16-22(24)25(31-12-10-21(28)11-13-31)29-23(26(30)32)15-17-6-7-18-4-2-3-5-19(18)14-17;8-7(9)6-4-2-1-3-5-6/h2-14,19,21,27,29H,15-18,20H2,1H3,(H,35,39);2-9,14,16,21,23H,10-13,15,28H2,1H3;1-5H. The summed E-state index contributed by atoms with van der Waals surface area (Å²) in [5, 5.41) is 8.69. The van der Waals surface area contributed by atoms with Gasteiger partial charge in [0.05, 0.1) is 11.4 Å². The van der Waals surface area contributed by atoms with Gasteiger partial charge in [-0.15, -0.1) is 0 Å². The number of benzene rings is 8. The van der Waals surface area contributed by atoms with E-state index in [2.05, 4.69) is 75.8 Å². The van der Waals surface area contributed by atoms with E-state index in [1.807, 2.05) is 111 Å². The Morgan fingerprint density at radius 3 is 1.36 bits per heavy atom. The van der Waals surface area contributed by atoms with Crippen molar-refractivity contribution in [2.75, 3.05) is 50.1 Å². The highest BCUT2D eigenvalue weighted by molar-refractivity contribution is 6.67. The molecular formula is C66H63Cl3N8O4. The lowest BCUT2D eigenvalue weighted by Crippen LogP contribution is -2.47. The van der Waals surface area contributed by atoms with Gasteiger partial charge in [0.2, 0.25) is 0 Å². The number of nitrogens with one attached hydrogen (secondary N) is 1. The Bertz CT molecular complexity index is 3660. The van der Waals surface area contributed by atoms with Crippen molar-refractivity contribution >= 4 is 102 Å². The van der Waals surface area contributed by atoms with Gasteiger partial charge in [-0.25, -0.2) is 0 Å². The number of halogens is 3. The van der Waals surface area contributed by atoms with E-state index in [0.717, 1.165) is 89.5 Å². The Kier molecular flexibility index (Phi) is 17.9. The third-order valence-electron chi connectivity index (χ3n) is 15.4. The van der Waals surface area contributed by atoms with Crippen molar-refractivity contribution in [2.45, 2.75) is 62.7 Å². The summed E-state index contributed by atoms with van der Waals surface area (Å²) in [6.07, 6.45) is 4.44. The molecule has 8 aromatic carbocycles. The van der Waals surface area contributed by atoms with Crippen LogP contribution in [0.3, 0.4) is 0 Å². The van der Waals surface area contributed by atoms with Crippen LogP contribution < -0.4 is 20.9 Å². The number of nitrogens with zero attached hydrogens (tertiary/aromatic N) is 6. The summed E-state index contributed by atoms with van der Waals surface area (Å²) < 4.78 is 0. The summed E-state index contributed by atoms with van der Waals surface area (Å²) in [5.74, 6) is 1.53. The molecule has 12 nitrogen and oxygen atoms in total. The monoisotopic (exact) mass is 1140 g/mol. The topological polar surface area (TPSA) is 144 Å². The maximum absolute atomic E-state index is 13.7. The number of fused-ring (bicyclic) bond motifs is 4. The highest BCUT2D eigenvalue weighted by atomic mass is 35.5. The number of aliphatic imine (C=N–C) groups is 2. The van der Waals surface area contributed by atoms with Crippen molar-refractivity contribution in [1.29, 1.82) is 0 Å². The fourth-order valence-electron chi connectivity index (χ4n) is 10.9. The van der Waals surface area contributed by atoms with Crippen LogP contribution in [0.15, 0.2) is 192 Å². The first-order chi connectivity index (χ1) is 39.3. The number of likely N-dealkylation sites (tertiary alicyclic amines) is 2. The molecule has 0 saturated carbocycles. The van der Waals surface area contributed by atoms with E-state index in [1.165, 1.54) is 16.2 Å². The number of rotatable bonds is 7. The van der Waals surface area contributed by atoms with Gasteiger partial charge >= 0.3 is 0 Å². The lowest BCUT2D eigenvalue weighted by atomic mass is 10.0. The second kappa shape index (κ2) is 25.7. The molecule has 412 valence electrons. The van der Waals surface area contributed by atoms with Gasteiger partial charge in [0, 0.05) is 97.5 Å². The van der Waals surface area contributed by atoms with Crippen LogP contribution in [0, 0.1) is 0 Å². The lowest BCUT2D eigenvalue weighted by molar-refractivity contribution is -0.120. The van der Waals surface area contributed by atoms with Crippen molar-refractivity contribution < 1.29 is 19.2 Å². The minimum atomic E-state index is -0.567. The Labute approximate surface area is 487 Å². The molecule has 81 heavy (non-hydrogen) atoms. The summed E-state index contributed by atoms with van der Waals surface area (Å²) >= 11 is 18.0. The fourth-order valence-corrected chi connectivity index (χ4v) is 11.4. The second-order valence-corrected chi connectivity index (χ2v) is 22.1. The van der Waals surface area contributed by atoms with Crippen molar-refractivity contribution in [2.24, 2.45) is 15.7 Å².